The molecule has 1 aromatic heterocycles. The minimum atomic E-state index is -2.65. The number of carbonyl (C=O) groups excluding carboxylic acids is 1. The highest BCUT2D eigenvalue weighted by Crippen LogP contribution is 2.32. The molecule has 0 N–H and O–H groups in total. The quantitative estimate of drug-likeness (QED) is 0.792. The zero-order valence-electron chi connectivity index (χ0n) is 11.3. The van der Waals surface area contributed by atoms with Gasteiger partial charge in [-0.3, -0.25) is 4.79 Å². The number of pyridine rings is 1. The fraction of sp³-hybridized carbons (Fsp3) is 0.538. The molecular weight excluding hydrogens is 254 g/mol. The molecule has 0 saturated carbocycles. The summed E-state index contributed by atoms with van der Waals surface area (Å²) in [5, 5.41) is 0. The number of aryl methyl sites for hydroxylation is 1. The molecule has 1 aliphatic rings. The third-order valence-electron chi connectivity index (χ3n) is 2.74. The predicted molar refractivity (Wildman–Crippen MR) is 69.1 cm³/mol. The van der Waals surface area contributed by atoms with E-state index in [1.165, 1.54) is 11.1 Å². The Labute approximate surface area is 111 Å². The van der Waals surface area contributed by atoms with Gasteiger partial charge in [-0.05, 0) is 25.5 Å². The third-order valence-corrected chi connectivity index (χ3v) is 2.74. The lowest BCUT2D eigenvalue weighted by molar-refractivity contribution is -0.0267. The van der Waals surface area contributed by atoms with Crippen molar-refractivity contribution in [3.05, 3.63) is 23.4 Å². The van der Waals surface area contributed by atoms with Gasteiger partial charge in [-0.15, -0.1) is 0 Å². The molecule has 2 rings (SSSR count). The number of aldehydes is 1. The van der Waals surface area contributed by atoms with E-state index < -0.39 is 5.92 Å². The molecule has 0 radical (unpaired) electrons. The van der Waals surface area contributed by atoms with Crippen molar-refractivity contribution in [2.24, 2.45) is 0 Å². The van der Waals surface area contributed by atoms with Gasteiger partial charge in [-0.2, -0.15) is 0 Å². The smallest absolute Gasteiger partial charge is 0.282 e. The molecule has 19 heavy (non-hydrogen) atoms. The van der Waals surface area contributed by atoms with Gasteiger partial charge >= 0.3 is 0 Å². The molecule has 0 aliphatic carbocycles. The van der Waals surface area contributed by atoms with E-state index in [9.17, 15) is 13.6 Å². The molecule has 0 spiro atoms. The van der Waals surface area contributed by atoms with Gasteiger partial charge in [-0.1, -0.05) is 0 Å². The maximum absolute atomic E-state index is 12.7. The van der Waals surface area contributed by atoms with Crippen LogP contribution in [0.5, 0.6) is 0 Å². The largest absolute Gasteiger partial charge is 0.385 e. The lowest BCUT2D eigenvalue weighted by Gasteiger charge is -2.40. The molecule has 106 valence electrons. The van der Waals surface area contributed by atoms with Gasteiger partial charge in [0.15, 0.2) is 6.29 Å². The van der Waals surface area contributed by atoms with Crippen molar-refractivity contribution in [2.45, 2.75) is 19.8 Å². The minimum absolute atomic E-state index is 0.357. The summed E-state index contributed by atoms with van der Waals surface area (Å²) >= 11 is 0. The second kappa shape index (κ2) is 6.56. The van der Waals surface area contributed by atoms with Crippen LogP contribution in [0, 0.1) is 6.92 Å². The molecular formula is C13H18F2N2O2. The lowest BCUT2D eigenvalue weighted by atomic mass is 10.1. The number of halogens is 2. The summed E-state index contributed by atoms with van der Waals surface area (Å²) in [5.74, 6) is -2.29. The van der Waals surface area contributed by atoms with E-state index >= 15 is 0 Å². The number of ether oxygens (including phenoxy) is 1. The second-order valence-corrected chi connectivity index (χ2v) is 4.27. The van der Waals surface area contributed by atoms with Gasteiger partial charge in [0.25, 0.3) is 5.92 Å². The summed E-state index contributed by atoms with van der Waals surface area (Å²) in [7, 11) is 1.68. The third kappa shape index (κ3) is 3.96. The Morgan fingerprint density at radius 2 is 2.11 bits per heavy atom. The number of alkyl halides is 2. The highest BCUT2D eigenvalue weighted by molar-refractivity contribution is 5.85. The van der Waals surface area contributed by atoms with Crippen molar-refractivity contribution in [3.8, 4) is 0 Å². The topological polar surface area (TPSA) is 42.4 Å². The first-order valence-electron chi connectivity index (χ1n) is 5.97. The lowest BCUT2D eigenvalue weighted by Crippen LogP contribution is -2.57. The Morgan fingerprint density at radius 1 is 1.53 bits per heavy atom. The van der Waals surface area contributed by atoms with E-state index in [2.05, 4.69) is 9.72 Å². The normalized spacial score (nSPS) is 16.2. The van der Waals surface area contributed by atoms with Crippen molar-refractivity contribution >= 4 is 12.1 Å². The highest BCUT2D eigenvalue weighted by Gasteiger charge is 2.45. The van der Waals surface area contributed by atoms with Crippen molar-refractivity contribution in [1.82, 2.24) is 4.98 Å². The second-order valence-electron chi connectivity index (χ2n) is 4.27. The molecule has 0 bridgehead atoms. The number of methoxy groups -OCH3 is 1. The maximum Gasteiger partial charge on any atom is 0.282 e. The summed E-state index contributed by atoms with van der Waals surface area (Å²) in [6.45, 7) is 3.82. The van der Waals surface area contributed by atoms with Crippen molar-refractivity contribution in [2.75, 3.05) is 31.7 Å². The van der Waals surface area contributed by atoms with Crippen LogP contribution in [0.2, 0.25) is 0 Å². The first kappa shape index (κ1) is 15.5. The molecule has 1 fully saturated rings. The number of hydrogen-bond acceptors (Lipinski definition) is 4. The van der Waals surface area contributed by atoms with E-state index in [0.29, 0.717) is 17.7 Å². The van der Waals surface area contributed by atoms with E-state index in [-0.39, 0.29) is 13.1 Å². The van der Waals surface area contributed by atoms with Crippen molar-refractivity contribution in [1.29, 1.82) is 0 Å². The Bertz CT molecular complexity index is 429. The van der Waals surface area contributed by atoms with E-state index in [0.717, 1.165) is 12.2 Å². The number of rotatable bonds is 3. The highest BCUT2D eigenvalue weighted by atomic mass is 19.3. The zero-order valence-corrected chi connectivity index (χ0v) is 11.3. The fourth-order valence-corrected chi connectivity index (χ4v) is 1.61. The molecule has 0 unspecified atom stereocenters. The van der Waals surface area contributed by atoms with Crippen LogP contribution in [0.4, 0.5) is 14.6 Å². The SMILES string of the molecule is CCOC.Cc1ccnc(N2CC(F)(F)C2)c1C=O. The van der Waals surface area contributed by atoms with Crippen molar-refractivity contribution in [3.63, 3.8) is 0 Å². The Kier molecular flexibility index (Phi) is 5.35. The number of nitrogens with zero attached hydrogens (tertiary/aromatic N) is 2. The first-order valence-corrected chi connectivity index (χ1v) is 5.97. The van der Waals surface area contributed by atoms with E-state index in [1.54, 1.807) is 20.1 Å². The molecule has 2 heterocycles. The molecule has 1 aliphatic heterocycles. The van der Waals surface area contributed by atoms with Crippen LogP contribution in [0.1, 0.15) is 22.8 Å². The van der Waals surface area contributed by atoms with E-state index in [4.69, 9.17) is 0 Å². The van der Waals surface area contributed by atoms with Crippen LogP contribution in [-0.2, 0) is 4.74 Å². The fourth-order valence-electron chi connectivity index (χ4n) is 1.61. The molecule has 0 amide bonds. The molecule has 6 heteroatoms. The van der Waals surface area contributed by atoms with Crippen LogP contribution >= 0.6 is 0 Å². The van der Waals surface area contributed by atoms with Gasteiger partial charge in [0.05, 0.1) is 18.7 Å². The molecule has 1 saturated heterocycles. The zero-order chi connectivity index (χ0) is 14.5. The van der Waals surface area contributed by atoms with Gasteiger partial charge in [-0.25, -0.2) is 13.8 Å². The Hall–Kier alpha value is -1.56. The number of anilines is 1. The van der Waals surface area contributed by atoms with Gasteiger partial charge in [0.1, 0.15) is 5.82 Å². The summed E-state index contributed by atoms with van der Waals surface area (Å²) in [6.07, 6.45) is 2.18. The summed E-state index contributed by atoms with van der Waals surface area (Å²) in [4.78, 5) is 16.2. The van der Waals surface area contributed by atoms with Crippen LogP contribution in [0.25, 0.3) is 0 Å². The Morgan fingerprint density at radius 3 is 2.53 bits per heavy atom. The van der Waals surface area contributed by atoms with Crippen LogP contribution < -0.4 is 4.90 Å². The average Bonchev–Trinajstić information content (AvgIpc) is 2.36. The molecule has 4 nitrogen and oxygen atoms in total. The summed E-state index contributed by atoms with van der Waals surface area (Å²) in [5.41, 5.74) is 1.15. The number of aromatic nitrogens is 1. The molecule has 1 aromatic rings. The average molecular weight is 272 g/mol. The van der Waals surface area contributed by atoms with E-state index in [1.807, 2.05) is 6.92 Å². The van der Waals surface area contributed by atoms with Crippen molar-refractivity contribution < 1.29 is 18.3 Å². The predicted octanol–water partition coefficient (Wildman–Crippen LogP) is 2.31. The number of hydrogen-bond donors (Lipinski definition) is 0. The van der Waals surface area contributed by atoms with Crippen LogP contribution in [0.3, 0.4) is 0 Å². The number of carbonyl (C=O) groups is 1. The maximum atomic E-state index is 12.7. The van der Waals surface area contributed by atoms with Crippen LogP contribution in [-0.4, -0.2) is 44.0 Å². The van der Waals surface area contributed by atoms with Gasteiger partial charge in [0.2, 0.25) is 0 Å². The molecule has 0 atom stereocenters. The summed E-state index contributed by atoms with van der Waals surface area (Å²) < 4.78 is 29.8. The molecule has 0 aromatic carbocycles. The van der Waals surface area contributed by atoms with Crippen LogP contribution in [0.15, 0.2) is 12.3 Å². The standard InChI is InChI=1S/C10H10F2N2O.C3H8O/c1-7-2-3-13-9(8(7)4-15)14-5-10(11,12)6-14;1-3-4-2/h2-4H,5-6H2,1H3;3H2,1-2H3. The van der Waals surface area contributed by atoms with Gasteiger partial charge < -0.3 is 9.64 Å². The Balaban J connectivity index is 0.000000399. The monoisotopic (exact) mass is 272 g/mol. The van der Waals surface area contributed by atoms with Gasteiger partial charge in [0, 0.05) is 19.9 Å². The first-order chi connectivity index (χ1) is 8.95. The summed E-state index contributed by atoms with van der Waals surface area (Å²) in [6, 6.07) is 1.69. The minimum Gasteiger partial charge on any atom is -0.385 e.